The lowest BCUT2D eigenvalue weighted by molar-refractivity contribution is -0.136. The van der Waals surface area contributed by atoms with E-state index in [1.54, 1.807) is 0 Å². The molecule has 0 atom stereocenters. The second-order valence-electron chi connectivity index (χ2n) is 2.77. The first-order valence-corrected chi connectivity index (χ1v) is 4.72. The van der Waals surface area contributed by atoms with Crippen LogP contribution in [0.3, 0.4) is 0 Å². The number of carbonyl (C=O) groups is 1. The molecule has 0 aliphatic carbocycles. The zero-order valence-corrected chi connectivity index (χ0v) is 9.34. The number of phenols is 1. The summed E-state index contributed by atoms with van der Waals surface area (Å²) in [4.78, 5) is 10.5. The van der Waals surface area contributed by atoms with Crippen molar-refractivity contribution in [2.45, 2.75) is 6.42 Å². The molecule has 0 aliphatic heterocycles. The maximum atomic E-state index is 13.2. The first kappa shape index (κ1) is 11.8. The molecular weight excluding hydrogens is 271 g/mol. The van der Waals surface area contributed by atoms with Gasteiger partial charge in [0.15, 0.2) is 11.5 Å². The fourth-order valence-corrected chi connectivity index (χ4v) is 1.55. The van der Waals surface area contributed by atoms with Crippen molar-refractivity contribution in [3.8, 4) is 11.5 Å². The third kappa shape index (κ3) is 2.38. The van der Waals surface area contributed by atoms with E-state index in [0.29, 0.717) is 0 Å². The Hall–Kier alpha value is -1.30. The van der Waals surface area contributed by atoms with E-state index >= 15 is 0 Å². The van der Waals surface area contributed by atoms with Crippen LogP contribution in [0.2, 0.25) is 0 Å². The van der Waals surface area contributed by atoms with Crippen molar-refractivity contribution >= 4 is 21.9 Å². The molecule has 0 saturated carbocycles. The molecule has 0 radical (unpaired) electrons. The molecule has 0 amide bonds. The second kappa shape index (κ2) is 4.48. The van der Waals surface area contributed by atoms with Crippen LogP contribution < -0.4 is 4.74 Å². The molecule has 0 aromatic heterocycles. The highest BCUT2D eigenvalue weighted by Crippen LogP contribution is 2.37. The fourth-order valence-electron chi connectivity index (χ4n) is 1.11. The topological polar surface area (TPSA) is 66.8 Å². The third-order valence-corrected chi connectivity index (χ3v) is 2.66. The van der Waals surface area contributed by atoms with E-state index in [9.17, 15) is 14.3 Å². The van der Waals surface area contributed by atoms with Crippen molar-refractivity contribution in [1.29, 1.82) is 0 Å². The van der Waals surface area contributed by atoms with Gasteiger partial charge in [-0.15, -0.1) is 0 Å². The van der Waals surface area contributed by atoms with Crippen molar-refractivity contribution in [2.75, 3.05) is 7.11 Å². The molecule has 6 heteroatoms. The van der Waals surface area contributed by atoms with Gasteiger partial charge in [-0.3, -0.25) is 4.79 Å². The minimum absolute atomic E-state index is 0.0423. The number of rotatable bonds is 3. The third-order valence-electron chi connectivity index (χ3n) is 1.80. The van der Waals surface area contributed by atoms with Crippen molar-refractivity contribution in [1.82, 2.24) is 0 Å². The Bertz CT molecular complexity index is 406. The van der Waals surface area contributed by atoms with Crippen LogP contribution >= 0.6 is 15.9 Å². The largest absolute Gasteiger partial charge is 0.504 e. The number of halogens is 2. The van der Waals surface area contributed by atoms with Crippen LogP contribution in [0.5, 0.6) is 11.5 Å². The number of ether oxygens (including phenoxy) is 1. The van der Waals surface area contributed by atoms with E-state index in [1.807, 2.05) is 0 Å². The first-order valence-electron chi connectivity index (χ1n) is 3.93. The molecule has 0 spiro atoms. The zero-order chi connectivity index (χ0) is 11.6. The fraction of sp³-hybridized carbons (Fsp3) is 0.222. The van der Waals surface area contributed by atoms with E-state index in [0.717, 1.165) is 6.07 Å². The Balaban J connectivity index is 3.33. The van der Waals surface area contributed by atoms with Gasteiger partial charge in [-0.1, -0.05) is 0 Å². The molecule has 0 bridgehead atoms. The van der Waals surface area contributed by atoms with Crippen LogP contribution in [-0.2, 0) is 11.2 Å². The Kier molecular flexibility index (Phi) is 3.52. The number of aromatic hydroxyl groups is 1. The van der Waals surface area contributed by atoms with Crippen LogP contribution in [0.1, 0.15) is 5.56 Å². The summed E-state index contributed by atoms with van der Waals surface area (Å²) in [6.07, 6.45) is -0.486. The number of hydrogen-bond acceptors (Lipinski definition) is 3. The summed E-state index contributed by atoms with van der Waals surface area (Å²) in [5, 5.41) is 18.1. The molecule has 0 aliphatic rings. The lowest BCUT2D eigenvalue weighted by Crippen LogP contribution is -2.03. The van der Waals surface area contributed by atoms with Crippen molar-refractivity contribution in [3.63, 3.8) is 0 Å². The highest BCUT2D eigenvalue weighted by Gasteiger charge is 2.18. The lowest BCUT2D eigenvalue weighted by atomic mass is 10.1. The lowest BCUT2D eigenvalue weighted by Gasteiger charge is -2.10. The van der Waals surface area contributed by atoms with Crippen molar-refractivity contribution < 1.29 is 24.1 Å². The molecule has 1 rings (SSSR count). The highest BCUT2D eigenvalue weighted by molar-refractivity contribution is 9.10. The molecule has 1 aromatic carbocycles. The van der Waals surface area contributed by atoms with Gasteiger partial charge in [0.1, 0.15) is 5.82 Å². The predicted octanol–water partition coefficient (Wildman–Crippen LogP) is 1.93. The molecule has 0 unspecified atom stereocenters. The second-order valence-corrected chi connectivity index (χ2v) is 3.57. The Morgan fingerprint density at radius 1 is 1.67 bits per heavy atom. The quantitative estimate of drug-likeness (QED) is 0.887. The zero-order valence-electron chi connectivity index (χ0n) is 7.75. The number of carboxylic acids is 1. The first-order chi connectivity index (χ1) is 6.97. The number of benzene rings is 1. The van der Waals surface area contributed by atoms with Gasteiger partial charge in [0, 0.05) is 11.6 Å². The van der Waals surface area contributed by atoms with Gasteiger partial charge < -0.3 is 14.9 Å². The highest BCUT2D eigenvalue weighted by atomic mass is 79.9. The van der Waals surface area contributed by atoms with Gasteiger partial charge >= 0.3 is 5.97 Å². The molecule has 1 aromatic rings. The maximum Gasteiger partial charge on any atom is 0.308 e. The van der Waals surface area contributed by atoms with Crippen LogP contribution in [0.25, 0.3) is 0 Å². The number of methoxy groups -OCH3 is 1. The summed E-state index contributed by atoms with van der Waals surface area (Å²) in [7, 11) is 1.26. The predicted molar refractivity (Wildman–Crippen MR) is 53.7 cm³/mol. The SMILES string of the molecule is COc1cc(F)c(Br)c(CC(=O)O)c1O. The van der Waals surface area contributed by atoms with Gasteiger partial charge in [-0.2, -0.15) is 0 Å². The monoisotopic (exact) mass is 278 g/mol. The maximum absolute atomic E-state index is 13.2. The van der Waals surface area contributed by atoms with E-state index in [1.165, 1.54) is 7.11 Å². The van der Waals surface area contributed by atoms with Crippen molar-refractivity contribution in [3.05, 3.63) is 21.9 Å². The van der Waals surface area contributed by atoms with Crippen LogP contribution in [0.4, 0.5) is 4.39 Å². The minimum atomic E-state index is -1.17. The Morgan fingerprint density at radius 3 is 2.73 bits per heavy atom. The number of aliphatic carboxylic acids is 1. The normalized spacial score (nSPS) is 10.1. The van der Waals surface area contributed by atoms with Crippen LogP contribution in [-0.4, -0.2) is 23.3 Å². The van der Waals surface area contributed by atoms with Gasteiger partial charge in [0.2, 0.25) is 0 Å². The molecule has 2 N–H and O–H groups in total. The summed E-state index contributed by atoms with van der Waals surface area (Å²) in [6, 6.07) is 0.977. The smallest absolute Gasteiger partial charge is 0.308 e. The molecular formula is C9H8BrFO4. The molecule has 0 heterocycles. The van der Waals surface area contributed by atoms with Crippen LogP contribution in [0, 0.1) is 5.82 Å². The minimum Gasteiger partial charge on any atom is -0.504 e. The summed E-state index contributed by atoms with van der Waals surface area (Å²) in [6.45, 7) is 0. The van der Waals surface area contributed by atoms with Gasteiger partial charge in [0.05, 0.1) is 18.0 Å². The molecule has 0 fully saturated rings. The summed E-state index contributed by atoms with van der Waals surface area (Å²) >= 11 is 2.87. The van der Waals surface area contributed by atoms with E-state index < -0.39 is 18.2 Å². The van der Waals surface area contributed by atoms with E-state index in [2.05, 4.69) is 15.9 Å². The van der Waals surface area contributed by atoms with Gasteiger partial charge in [-0.05, 0) is 15.9 Å². The van der Waals surface area contributed by atoms with Crippen LogP contribution in [0.15, 0.2) is 10.5 Å². The average molecular weight is 279 g/mol. The number of hydrogen-bond donors (Lipinski definition) is 2. The molecule has 15 heavy (non-hydrogen) atoms. The standard InChI is InChI=1S/C9H8BrFO4/c1-15-6-3-5(11)8(10)4(9(6)14)2-7(12)13/h3,14H,2H2,1H3,(H,12,13). The molecule has 4 nitrogen and oxygen atoms in total. The number of carboxylic acid groups (broad SMARTS) is 1. The Labute approximate surface area is 93.4 Å². The van der Waals surface area contributed by atoms with E-state index in [4.69, 9.17) is 9.84 Å². The van der Waals surface area contributed by atoms with Gasteiger partial charge in [0.25, 0.3) is 0 Å². The summed E-state index contributed by atoms with van der Waals surface area (Å²) in [5.74, 6) is -2.31. The Morgan fingerprint density at radius 2 is 2.27 bits per heavy atom. The number of phenolic OH excluding ortho intramolecular Hbond substituents is 1. The molecule has 82 valence electrons. The van der Waals surface area contributed by atoms with Crippen molar-refractivity contribution in [2.24, 2.45) is 0 Å². The molecule has 0 saturated heterocycles. The van der Waals surface area contributed by atoms with E-state index in [-0.39, 0.29) is 21.5 Å². The van der Waals surface area contributed by atoms with Gasteiger partial charge in [-0.25, -0.2) is 4.39 Å². The average Bonchev–Trinajstić information content (AvgIpc) is 2.18. The summed E-state index contributed by atoms with van der Waals surface area (Å²) < 4.78 is 17.9. The summed E-state index contributed by atoms with van der Waals surface area (Å²) in [5.41, 5.74) is -0.0423.